The van der Waals surface area contributed by atoms with E-state index in [0.29, 0.717) is 24.7 Å². The highest BCUT2D eigenvalue weighted by Gasteiger charge is 2.11. The van der Waals surface area contributed by atoms with Crippen LogP contribution in [0.1, 0.15) is 31.7 Å². The Kier molecular flexibility index (Phi) is 6.77. The molecular formula is C13H20ClF2N5. The summed E-state index contributed by atoms with van der Waals surface area (Å²) in [6.45, 7) is 3.47. The van der Waals surface area contributed by atoms with Crippen molar-refractivity contribution in [1.82, 2.24) is 24.9 Å². The van der Waals surface area contributed by atoms with Crippen LogP contribution in [0.15, 0.2) is 24.7 Å². The number of hydrogen-bond donors (Lipinski definition) is 1. The van der Waals surface area contributed by atoms with Crippen molar-refractivity contribution < 1.29 is 8.78 Å². The number of aromatic nitrogens is 4. The molecule has 2 heterocycles. The molecule has 8 heteroatoms. The van der Waals surface area contributed by atoms with Crippen LogP contribution in [0, 0.1) is 5.92 Å². The highest BCUT2D eigenvalue weighted by molar-refractivity contribution is 5.85. The molecule has 0 fully saturated rings. The van der Waals surface area contributed by atoms with Gasteiger partial charge in [0.2, 0.25) is 0 Å². The summed E-state index contributed by atoms with van der Waals surface area (Å²) < 4.78 is 27.8. The maximum absolute atomic E-state index is 12.6. The molecule has 1 N–H and O–H groups in total. The lowest BCUT2D eigenvalue weighted by Crippen LogP contribution is -2.16. The Morgan fingerprint density at radius 2 is 2.00 bits per heavy atom. The van der Waals surface area contributed by atoms with Crippen LogP contribution in [0.2, 0.25) is 0 Å². The Morgan fingerprint density at radius 1 is 1.24 bits per heavy atom. The predicted molar refractivity (Wildman–Crippen MR) is 78.3 cm³/mol. The summed E-state index contributed by atoms with van der Waals surface area (Å²) in [6.07, 6.45) is 5.14. The average Bonchev–Trinajstić information content (AvgIpc) is 2.98. The number of alkyl halides is 2. The maximum Gasteiger partial charge on any atom is 0.333 e. The first-order valence-electron chi connectivity index (χ1n) is 6.59. The van der Waals surface area contributed by atoms with E-state index in [-0.39, 0.29) is 12.4 Å². The van der Waals surface area contributed by atoms with Gasteiger partial charge in [-0.3, -0.25) is 4.68 Å². The van der Waals surface area contributed by atoms with E-state index in [1.807, 2.05) is 10.9 Å². The standard InChI is InChI=1S/C13H19F2N5.ClH/c1-10(2)8-19-9-11(6-18-19)5-16-7-12-3-4-17-20(12)13(14)15;/h3-4,6,9-10,13,16H,5,7-8H2,1-2H3;1H. The molecule has 0 aliphatic rings. The summed E-state index contributed by atoms with van der Waals surface area (Å²) in [4.78, 5) is 0. The first kappa shape index (κ1) is 17.6. The highest BCUT2D eigenvalue weighted by atomic mass is 35.5. The molecule has 5 nitrogen and oxygen atoms in total. The number of nitrogens with one attached hydrogen (secondary N) is 1. The lowest BCUT2D eigenvalue weighted by molar-refractivity contribution is 0.0531. The van der Waals surface area contributed by atoms with Crippen molar-refractivity contribution in [2.75, 3.05) is 0 Å². The molecule has 0 amide bonds. The second-order valence-electron chi connectivity index (χ2n) is 5.11. The summed E-state index contributed by atoms with van der Waals surface area (Å²) in [5.41, 5.74) is 1.50. The van der Waals surface area contributed by atoms with Crippen LogP contribution in [0.4, 0.5) is 8.78 Å². The zero-order valence-corrected chi connectivity index (χ0v) is 12.9. The van der Waals surface area contributed by atoms with E-state index < -0.39 is 6.55 Å². The van der Waals surface area contributed by atoms with Gasteiger partial charge in [0.15, 0.2) is 0 Å². The zero-order chi connectivity index (χ0) is 14.5. The molecule has 0 spiro atoms. The fraction of sp³-hybridized carbons (Fsp3) is 0.538. The fourth-order valence-corrected chi connectivity index (χ4v) is 1.96. The van der Waals surface area contributed by atoms with Gasteiger partial charge in [-0.05, 0) is 12.0 Å². The Bertz CT molecular complexity index is 538. The molecule has 2 aromatic rings. The van der Waals surface area contributed by atoms with Crippen molar-refractivity contribution in [2.45, 2.75) is 40.0 Å². The number of nitrogens with zero attached hydrogens (tertiary/aromatic N) is 4. The van der Waals surface area contributed by atoms with Gasteiger partial charge in [0.05, 0.1) is 11.9 Å². The van der Waals surface area contributed by atoms with E-state index in [1.165, 1.54) is 6.20 Å². The van der Waals surface area contributed by atoms with Gasteiger partial charge < -0.3 is 5.32 Å². The van der Waals surface area contributed by atoms with Crippen LogP contribution >= 0.6 is 12.4 Å². The lowest BCUT2D eigenvalue weighted by Gasteiger charge is -2.07. The topological polar surface area (TPSA) is 47.7 Å². The molecule has 0 aliphatic carbocycles. The Balaban J connectivity index is 0.00000220. The van der Waals surface area contributed by atoms with Crippen LogP contribution in [0.25, 0.3) is 0 Å². The summed E-state index contributed by atoms with van der Waals surface area (Å²) in [7, 11) is 0. The largest absolute Gasteiger partial charge is 0.333 e. The van der Waals surface area contributed by atoms with Crippen molar-refractivity contribution in [3.63, 3.8) is 0 Å². The maximum atomic E-state index is 12.6. The molecule has 118 valence electrons. The monoisotopic (exact) mass is 319 g/mol. The van der Waals surface area contributed by atoms with E-state index in [4.69, 9.17) is 0 Å². The van der Waals surface area contributed by atoms with Gasteiger partial charge in [-0.1, -0.05) is 13.8 Å². The van der Waals surface area contributed by atoms with Gasteiger partial charge in [0, 0.05) is 37.6 Å². The minimum Gasteiger partial charge on any atom is -0.307 e. The SMILES string of the molecule is CC(C)Cn1cc(CNCc2ccnn2C(F)F)cn1.Cl. The Labute approximate surface area is 128 Å². The average molecular weight is 320 g/mol. The van der Waals surface area contributed by atoms with Crippen LogP contribution in [0.5, 0.6) is 0 Å². The predicted octanol–water partition coefficient (Wildman–Crippen LogP) is 2.84. The molecule has 0 radical (unpaired) electrons. The third-order valence-corrected chi connectivity index (χ3v) is 2.81. The molecule has 0 saturated heterocycles. The van der Waals surface area contributed by atoms with E-state index in [0.717, 1.165) is 16.8 Å². The van der Waals surface area contributed by atoms with Gasteiger partial charge >= 0.3 is 6.55 Å². The minimum absolute atomic E-state index is 0. The molecule has 0 atom stereocenters. The van der Waals surface area contributed by atoms with Crippen molar-refractivity contribution in [1.29, 1.82) is 0 Å². The summed E-state index contributed by atoms with van der Waals surface area (Å²) >= 11 is 0. The normalized spacial score (nSPS) is 11.1. The quantitative estimate of drug-likeness (QED) is 0.853. The van der Waals surface area contributed by atoms with E-state index in [2.05, 4.69) is 29.4 Å². The van der Waals surface area contributed by atoms with E-state index in [1.54, 1.807) is 12.3 Å². The number of rotatable bonds is 7. The second-order valence-corrected chi connectivity index (χ2v) is 5.11. The van der Waals surface area contributed by atoms with Crippen molar-refractivity contribution in [3.05, 3.63) is 35.9 Å². The molecule has 0 saturated carbocycles. The smallest absolute Gasteiger partial charge is 0.307 e. The van der Waals surface area contributed by atoms with Crippen LogP contribution in [-0.2, 0) is 19.6 Å². The Morgan fingerprint density at radius 3 is 2.67 bits per heavy atom. The van der Waals surface area contributed by atoms with E-state index >= 15 is 0 Å². The third kappa shape index (κ3) is 5.09. The van der Waals surface area contributed by atoms with Crippen molar-refractivity contribution in [2.24, 2.45) is 5.92 Å². The summed E-state index contributed by atoms with van der Waals surface area (Å²) in [5, 5.41) is 11.0. The molecular weight excluding hydrogens is 300 g/mol. The first-order chi connectivity index (χ1) is 9.56. The van der Waals surface area contributed by atoms with Crippen LogP contribution in [0.3, 0.4) is 0 Å². The van der Waals surface area contributed by atoms with Gasteiger partial charge in [0.25, 0.3) is 0 Å². The van der Waals surface area contributed by atoms with Gasteiger partial charge in [-0.15, -0.1) is 12.4 Å². The molecule has 0 aromatic carbocycles. The van der Waals surface area contributed by atoms with E-state index in [9.17, 15) is 8.78 Å². The van der Waals surface area contributed by atoms with Crippen molar-refractivity contribution in [3.8, 4) is 0 Å². The molecule has 2 rings (SSSR count). The van der Waals surface area contributed by atoms with Gasteiger partial charge in [0.1, 0.15) is 0 Å². The molecule has 0 unspecified atom stereocenters. The van der Waals surface area contributed by atoms with Crippen molar-refractivity contribution >= 4 is 12.4 Å². The molecule has 2 aromatic heterocycles. The first-order valence-corrected chi connectivity index (χ1v) is 6.59. The second kappa shape index (κ2) is 8.09. The number of hydrogen-bond acceptors (Lipinski definition) is 3. The highest BCUT2D eigenvalue weighted by Crippen LogP contribution is 2.11. The summed E-state index contributed by atoms with van der Waals surface area (Å²) in [6, 6.07) is 1.58. The molecule has 21 heavy (non-hydrogen) atoms. The minimum atomic E-state index is -2.60. The van der Waals surface area contributed by atoms with Crippen LogP contribution in [-0.4, -0.2) is 19.6 Å². The zero-order valence-electron chi connectivity index (χ0n) is 12.0. The Hall–Kier alpha value is -1.47. The van der Waals surface area contributed by atoms with Crippen LogP contribution < -0.4 is 5.32 Å². The summed E-state index contributed by atoms with van der Waals surface area (Å²) in [5.74, 6) is 0.538. The lowest BCUT2D eigenvalue weighted by atomic mass is 10.2. The molecule has 0 bridgehead atoms. The number of halogens is 3. The van der Waals surface area contributed by atoms with Gasteiger partial charge in [-0.2, -0.15) is 19.0 Å². The van der Waals surface area contributed by atoms with Gasteiger partial charge in [-0.25, -0.2) is 4.68 Å². The molecule has 0 aliphatic heterocycles. The fourth-order valence-electron chi connectivity index (χ4n) is 1.96. The third-order valence-electron chi connectivity index (χ3n) is 2.81.